The number of anilines is 1. The number of amides is 1. The van der Waals surface area contributed by atoms with E-state index in [2.05, 4.69) is 10.6 Å². The first kappa shape index (κ1) is 12.8. The largest absolute Gasteiger partial charge is 0.323 e. The SMILES string of the molecule is CCCCC1(NC)C(=O)Nc2ccccc2C1=O. The highest BCUT2D eigenvalue weighted by Crippen LogP contribution is 2.30. The molecule has 0 aliphatic carbocycles. The van der Waals surface area contributed by atoms with Crippen molar-refractivity contribution in [1.29, 1.82) is 0 Å². The van der Waals surface area contributed by atoms with Crippen molar-refractivity contribution >= 4 is 17.4 Å². The molecule has 0 bridgehead atoms. The van der Waals surface area contributed by atoms with Crippen LogP contribution in [0.3, 0.4) is 0 Å². The lowest BCUT2D eigenvalue weighted by Crippen LogP contribution is -2.61. The Hall–Kier alpha value is -1.68. The van der Waals surface area contributed by atoms with Crippen LogP contribution in [0.4, 0.5) is 5.69 Å². The number of fused-ring (bicyclic) bond motifs is 1. The zero-order valence-electron chi connectivity index (χ0n) is 10.7. The van der Waals surface area contributed by atoms with Gasteiger partial charge in [-0.15, -0.1) is 0 Å². The van der Waals surface area contributed by atoms with E-state index in [0.717, 1.165) is 12.8 Å². The van der Waals surface area contributed by atoms with Crippen LogP contribution >= 0.6 is 0 Å². The van der Waals surface area contributed by atoms with Crippen LogP contribution in [0.25, 0.3) is 0 Å². The Kier molecular flexibility index (Phi) is 3.48. The molecular formula is C14H18N2O2. The number of benzene rings is 1. The molecule has 1 atom stereocenters. The quantitative estimate of drug-likeness (QED) is 0.798. The first-order chi connectivity index (χ1) is 8.65. The van der Waals surface area contributed by atoms with Gasteiger partial charge in [-0.3, -0.25) is 14.9 Å². The van der Waals surface area contributed by atoms with E-state index in [9.17, 15) is 9.59 Å². The highest BCUT2D eigenvalue weighted by atomic mass is 16.2. The number of nitrogens with one attached hydrogen (secondary N) is 2. The molecular weight excluding hydrogens is 228 g/mol. The minimum atomic E-state index is -1.11. The van der Waals surface area contributed by atoms with Crippen LogP contribution in [-0.2, 0) is 4.79 Å². The second-order valence-corrected chi connectivity index (χ2v) is 4.59. The number of unbranched alkanes of at least 4 members (excludes halogenated alkanes) is 1. The Morgan fingerprint density at radius 3 is 2.67 bits per heavy atom. The summed E-state index contributed by atoms with van der Waals surface area (Å²) in [5, 5.41) is 5.75. The molecule has 1 heterocycles. The zero-order chi connectivity index (χ0) is 13.2. The van der Waals surface area contributed by atoms with Crippen molar-refractivity contribution in [3.05, 3.63) is 29.8 Å². The van der Waals surface area contributed by atoms with Crippen molar-refractivity contribution in [3.8, 4) is 0 Å². The molecule has 4 heteroatoms. The average Bonchev–Trinajstić information content (AvgIpc) is 2.39. The molecule has 0 radical (unpaired) electrons. The number of carbonyl (C=O) groups is 2. The van der Waals surface area contributed by atoms with Crippen LogP contribution in [0.15, 0.2) is 24.3 Å². The first-order valence-electron chi connectivity index (χ1n) is 6.30. The molecule has 2 N–H and O–H groups in total. The highest BCUT2D eigenvalue weighted by Gasteiger charge is 2.47. The second kappa shape index (κ2) is 4.90. The van der Waals surface area contributed by atoms with Gasteiger partial charge in [-0.1, -0.05) is 31.9 Å². The normalized spacial score (nSPS) is 22.6. The molecule has 2 rings (SSSR count). The fraction of sp³-hybridized carbons (Fsp3) is 0.429. The van der Waals surface area contributed by atoms with E-state index < -0.39 is 5.54 Å². The summed E-state index contributed by atoms with van der Waals surface area (Å²) >= 11 is 0. The number of hydrogen-bond donors (Lipinski definition) is 2. The maximum absolute atomic E-state index is 12.6. The third-order valence-electron chi connectivity index (χ3n) is 3.53. The first-order valence-corrected chi connectivity index (χ1v) is 6.30. The number of ketones is 1. The van der Waals surface area contributed by atoms with Crippen LogP contribution in [0.1, 0.15) is 36.5 Å². The van der Waals surface area contributed by atoms with Crippen molar-refractivity contribution < 1.29 is 9.59 Å². The van der Waals surface area contributed by atoms with Crippen LogP contribution in [-0.4, -0.2) is 24.3 Å². The van der Waals surface area contributed by atoms with Gasteiger partial charge in [0, 0.05) is 5.56 Å². The topological polar surface area (TPSA) is 58.2 Å². The van der Waals surface area contributed by atoms with Gasteiger partial charge >= 0.3 is 0 Å². The van der Waals surface area contributed by atoms with Crippen LogP contribution in [0.5, 0.6) is 0 Å². The summed E-state index contributed by atoms with van der Waals surface area (Å²) in [6.45, 7) is 2.04. The molecule has 4 nitrogen and oxygen atoms in total. The number of rotatable bonds is 4. The number of para-hydroxylation sites is 1. The van der Waals surface area contributed by atoms with Gasteiger partial charge in [-0.25, -0.2) is 0 Å². The zero-order valence-corrected chi connectivity index (χ0v) is 10.7. The third-order valence-corrected chi connectivity index (χ3v) is 3.53. The molecule has 96 valence electrons. The lowest BCUT2D eigenvalue weighted by atomic mass is 9.80. The molecule has 0 fully saturated rings. The minimum absolute atomic E-state index is 0.127. The summed E-state index contributed by atoms with van der Waals surface area (Å²) in [5.74, 6) is -0.375. The van der Waals surface area contributed by atoms with Gasteiger partial charge in [0.2, 0.25) is 0 Å². The monoisotopic (exact) mass is 246 g/mol. The van der Waals surface area contributed by atoms with Crippen LogP contribution in [0.2, 0.25) is 0 Å². The predicted octanol–water partition coefficient (Wildman–Crippen LogP) is 1.97. The maximum atomic E-state index is 12.6. The van der Waals surface area contributed by atoms with E-state index in [-0.39, 0.29) is 11.7 Å². The lowest BCUT2D eigenvalue weighted by Gasteiger charge is -2.35. The van der Waals surface area contributed by atoms with Crippen LogP contribution < -0.4 is 10.6 Å². The molecule has 0 saturated carbocycles. The highest BCUT2D eigenvalue weighted by molar-refractivity contribution is 6.27. The summed E-state index contributed by atoms with van der Waals surface area (Å²) in [6.07, 6.45) is 2.31. The van der Waals surface area contributed by atoms with Crippen molar-refractivity contribution in [2.75, 3.05) is 12.4 Å². The molecule has 18 heavy (non-hydrogen) atoms. The summed E-state index contributed by atoms with van der Waals surface area (Å²) in [4.78, 5) is 24.8. The number of carbonyl (C=O) groups excluding carboxylic acids is 2. The molecule has 0 saturated heterocycles. The Morgan fingerprint density at radius 2 is 2.00 bits per heavy atom. The number of likely N-dealkylation sites (N-methyl/N-ethyl adjacent to an activating group) is 1. The molecule has 0 aromatic heterocycles. The Bertz CT molecular complexity index is 484. The van der Waals surface area contributed by atoms with Gasteiger partial charge in [0.15, 0.2) is 11.3 Å². The van der Waals surface area contributed by atoms with E-state index in [0.29, 0.717) is 17.7 Å². The Balaban J connectivity index is 2.44. The molecule has 1 aromatic rings. The van der Waals surface area contributed by atoms with Crippen molar-refractivity contribution in [3.63, 3.8) is 0 Å². The summed E-state index contributed by atoms with van der Waals surface area (Å²) in [7, 11) is 1.67. The van der Waals surface area contributed by atoms with E-state index in [1.807, 2.05) is 19.1 Å². The smallest absolute Gasteiger partial charge is 0.252 e. The second-order valence-electron chi connectivity index (χ2n) is 4.59. The van der Waals surface area contributed by atoms with Gasteiger partial charge in [0.1, 0.15) is 0 Å². The van der Waals surface area contributed by atoms with Crippen LogP contribution in [0, 0.1) is 0 Å². The van der Waals surface area contributed by atoms with Crippen molar-refractivity contribution in [1.82, 2.24) is 5.32 Å². The molecule has 1 aliphatic rings. The fourth-order valence-corrected chi connectivity index (χ4v) is 2.37. The number of hydrogen-bond acceptors (Lipinski definition) is 3. The Morgan fingerprint density at radius 1 is 1.28 bits per heavy atom. The van der Waals surface area contributed by atoms with Gasteiger partial charge in [0.05, 0.1) is 5.69 Å². The van der Waals surface area contributed by atoms with E-state index in [4.69, 9.17) is 0 Å². The molecule has 1 amide bonds. The standard InChI is InChI=1S/C14H18N2O2/c1-3-4-9-14(15-2)12(17)10-7-5-6-8-11(10)16-13(14)18/h5-8,15H,3-4,9H2,1-2H3,(H,16,18). The Labute approximate surface area is 107 Å². The van der Waals surface area contributed by atoms with Gasteiger partial charge in [-0.2, -0.15) is 0 Å². The summed E-state index contributed by atoms with van der Waals surface area (Å²) < 4.78 is 0. The third kappa shape index (κ3) is 1.82. The predicted molar refractivity (Wildman–Crippen MR) is 70.7 cm³/mol. The number of Topliss-reactive ketones (excluding diaryl/α,β-unsaturated/α-hetero) is 1. The van der Waals surface area contributed by atoms with E-state index in [1.165, 1.54) is 0 Å². The van der Waals surface area contributed by atoms with Crippen molar-refractivity contribution in [2.45, 2.75) is 31.7 Å². The fourth-order valence-electron chi connectivity index (χ4n) is 2.37. The molecule has 0 spiro atoms. The van der Waals surface area contributed by atoms with Gasteiger partial charge in [0.25, 0.3) is 5.91 Å². The minimum Gasteiger partial charge on any atom is -0.323 e. The van der Waals surface area contributed by atoms with Gasteiger partial charge in [-0.05, 0) is 25.6 Å². The maximum Gasteiger partial charge on any atom is 0.252 e. The molecule has 1 aliphatic heterocycles. The van der Waals surface area contributed by atoms with E-state index >= 15 is 0 Å². The molecule has 1 aromatic carbocycles. The summed E-state index contributed by atoms with van der Waals surface area (Å²) in [5.41, 5.74) is 0.0853. The average molecular weight is 246 g/mol. The van der Waals surface area contributed by atoms with Gasteiger partial charge < -0.3 is 5.32 Å². The molecule has 1 unspecified atom stereocenters. The van der Waals surface area contributed by atoms with Crippen molar-refractivity contribution in [2.24, 2.45) is 0 Å². The lowest BCUT2D eigenvalue weighted by molar-refractivity contribution is -0.121. The summed E-state index contributed by atoms with van der Waals surface area (Å²) in [6, 6.07) is 7.14. The van der Waals surface area contributed by atoms with E-state index in [1.54, 1.807) is 19.2 Å².